The number of ether oxygens (including phenoxy) is 1. The quantitative estimate of drug-likeness (QED) is 0.609. The van der Waals surface area contributed by atoms with Crippen LogP contribution >= 0.6 is 10.5 Å². The highest BCUT2D eigenvalue weighted by atomic mass is 32.2. The second-order valence-electron chi connectivity index (χ2n) is 5.00. The summed E-state index contributed by atoms with van der Waals surface area (Å²) in [5, 5.41) is 4.35. The molecular formula is C12H23NO3S. The topological polar surface area (TPSA) is 55.4 Å². The lowest BCUT2D eigenvalue weighted by molar-refractivity contribution is -0.112. The SMILES string of the molecule is CS(C)=CC(=O)CCCNC(=O)OC(C)(C)C. The number of hydrogen-bond acceptors (Lipinski definition) is 3. The fourth-order valence-corrected chi connectivity index (χ4v) is 1.73. The molecule has 0 radical (unpaired) electrons. The fraction of sp³-hybridized carbons (Fsp3) is 0.750. The standard InChI is InChI=1S/C12H23NO3S/c1-12(2,3)16-11(15)13-8-6-7-10(14)9-17(4)5/h9H,6-8H2,1-5H3,(H,13,15). The van der Waals surface area contributed by atoms with Gasteiger partial charge in [-0.1, -0.05) is 0 Å². The van der Waals surface area contributed by atoms with Crippen molar-refractivity contribution in [3.63, 3.8) is 0 Å². The number of Topliss-reactive ketones (excluding diaryl/α,β-unsaturated/α-hetero) is 1. The van der Waals surface area contributed by atoms with E-state index in [1.807, 2.05) is 33.3 Å². The van der Waals surface area contributed by atoms with Gasteiger partial charge in [-0.2, -0.15) is 10.5 Å². The predicted molar refractivity (Wildman–Crippen MR) is 74.0 cm³/mol. The first kappa shape index (κ1) is 16.2. The molecule has 0 aromatic carbocycles. The van der Waals surface area contributed by atoms with Gasteiger partial charge in [-0.25, -0.2) is 4.79 Å². The molecular weight excluding hydrogens is 238 g/mol. The molecule has 0 aliphatic carbocycles. The number of nitrogens with one attached hydrogen (secondary N) is 1. The van der Waals surface area contributed by atoms with Crippen LogP contribution in [0.15, 0.2) is 0 Å². The van der Waals surface area contributed by atoms with Crippen molar-refractivity contribution in [1.82, 2.24) is 5.32 Å². The average molecular weight is 261 g/mol. The molecule has 0 saturated carbocycles. The highest BCUT2D eigenvalue weighted by Crippen LogP contribution is 2.06. The lowest BCUT2D eigenvalue weighted by Gasteiger charge is -2.19. The molecule has 0 aliphatic rings. The molecule has 0 aromatic heterocycles. The molecule has 0 atom stereocenters. The number of hydrogen-bond donors (Lipinski definition) is 1. The minimum absolute atomic E-state index is 0.0402. The highest BCUT2D eigenvalue weighted by Gasteiger charge is 2.15. The zero-order chi connectivity index (χ0) is 13.5. The second kappa shape index (κ2) is 7.48. The van der Waals surface area contributed by atoms with Crippen molar-refractivity contribution in [3.05, 3.63) is 0 Å². The third kappa shape index (κ3) is 11.4. The van der Waals surface area contributed by atoms with Crippen molar-refractivity contribution in [2.45, 2.75) is 39.2 Å². The lowest BCUT2D eigenvalue weighted by Crippen LogP contribution is -2.33. The molecule has 5 heteroatoms. The maximum atomic E-state index is 11.3. The monoisotopic (exact) mass is 261 g/mol. The summed E-state index contributed by atoms with van der Waals surface area (Å²) in [6.45, 7) is 5.91. The molecule has 0 unspecified atom stereocenters. The molecule has 0 spiro atoms. The molecule has 0 heterocycles. The van der Waals surface area contributed by atoms with E-state index in [4.69, 9.17) is 4.74 Å². The molecule has 1 N–H and O–H groups in total. The Hall–Kier alpha value is -0.840. The van der Waals surface area contributed by atoms with Crippen molar-refractivity contribution >= 4 is 27.7 Å². The average Bonchev–Trinajstić information content (AvgIpc) is 2.08. The maximum Gasteiger partial charge on any atom is 0.407 e. The largest absolute Gasteiger partial charge is 0.444 e. The molecule has 0 fully saturated rings. The van der Waals surface area contributed by atoms with Crippen molar-refractivity contribution in [3.8, 4) is 0 Å². The Bertz CT molecular complexity index is 301. The third-order valence-corrected chi connectivity index (χ3v) is 2.37. The number of ketones is 1. The van der Waals surface area contributed by atoms with Gasteiger partial charge >= 0.3 is 6.09 Å². The van der Waals surface area contributed by atoms with E-state index in [0.29, 0.717) is 19.4 Å². The number of rotatable bonds is 5. The van der Waals surface area contributed by atoms with Crippen LogP contribution < -0.4 is 5.32 Å². The van der Waals surface area contributed by atoms with Crippen LogP contribution in [0.25, 0.3) is 0 Å². The lowest BCUT2D eigenvalue weighted by atomic mass is 10.2. The van der Waals surface area contributed by atoms with Gasteiger partial charge in [0.25, 0.3) is 0 Å². The van der Waals surface area contributed by atoms with Gasteiger partial charge in [0.2, 0.25) is 0 Å². The number of carbonyl (C=O) groups is 2. The summed E-state index contributed by atoms with van der Waals surface area (Å²) in [4.78, 5) is 22.6. The normalized spacial score (nSPS) is 11.2. The molecule has 0 bridgehead atoms. The van der Waals surface area contributed by atoms with Crippen LogP contribution in [0.2, 0.25) is 0 Å². The zero-order valence-corrected chi connectivity index (χ0v) is 12.1. The molecule has 4 nitrogen and oxygen atoms in total. The summed E-state index contributed by atoms with van der Waals surface area (Å²) in [6, 6.07) is 0. The van der Waals surface area contributed by atoms with Crippen LogP contribution in [0.4, 0.5) is 4.79 Å². The summed E-state index contributed by atoms with van der Waals surface area (Å²) in [6.07, 6.45) is 4.68. The van der Waals surface area contributed by atoms with E-state index in [9.17, 15) is 9.59 Å². The van der Waals surface area contributed by atoms with Crippen LogP contribution in [-0.2, 0) is 9.53 Å². The van der Waals surface area contributed by atoms with Gasteiger partial charge < -0.3 is 10.1 Å². The van der Waals surface area contributed by atoms with Crippen molar-refractivity contribution < 1.29 is 14.3 Å². The summed E-state index contributed by atoms with van der Waals surface area (Å²) in [5.74, 6) is 0.143. The molecule has 0 aromatic rings. The Labute approximate surface area is 106 Å². The van der Waals surface area contributed by atoms with Crippen molar-refractivity contribution in [2.75, 3.05) is 19.1 Å². The van der Waals surface area contributed by atoms with E-state index in [1.165, 1.54) is 0 Å². The Balaban J connectivity index is 3.69. The summed E-state index contributed by atoms with van der Waals surface area (Å²) < 4.78 is 5.07. The predicted octanol–water partition coefficient (Wildman–Crippen LogP) is 2.19. The van der Waals surface area contributed by atoms with Crippen LogP contribution in [-0.4, -0.2) is 41.9 Å². The van der Waals surface area contributed by atoms with Gasteiger partial charge in [0.15, 0.2) is 5.78 Å². The minimum atomic E-state index is -0.480. The molecule has 17 heavy (non-hydrogen) atoms. The van der Waals surface area contributed by atoms with E-state index in [1.54, 1.807) is 5.37 Å². The first-order valence-corrected chi connectivity index (χ1v) is 7.72. The molecule has 1 amide bonds. The van der Waals surface area contributed by atoms with E-state index >= 15 is 0 Å². The molecule has 0 aliphatic heterocycles. The summed E-state index contributed by atoms with van der Waals surface area (Å²) in [5.41, 5.74) is -0.480. The van der Waals surface area contributed by atoms with Gasteiger partial charge in [0, 0.05) is 18.3 Å². The fourth-order valence-electron chi connectivity index (χ4n) is 1.09. The number of alkyl carbamates (subject to hydrolysis) is 1. The smallest absolute Gasteiger partial charge is 0.407 e. The second-order valence-corrected chi connectivity index (χ2v) is 6.99. The first-order valence-electron chi connectivity index (χ1n) is 5.61. The van der Waals surface area contributed by atoms with Gasteiger partial charge in [0.05, 0.1) is 0 Å². The third-order valence-electron chi connectivity index (χ3n) is 1.64. The zero-order valence-electron chi connectivity index (χ0n) is 11.3. The molecule has 0 saturated heterocycles. The Morgan fingerprint density at radius 2 is 1.88 bits per heavy atom. The van der Waals surface area contributed by atoms with Crippen LogP contribution in [0, 0.1) is 0 Å². The highest BCUT2D eigenvalue weighted by molar-refractivity contribution is 8.14. The van der Waals surface area contributed by atoms with Crippen LogP contribution in [0.1, 0.15) is 33.6 Å². The van der Waals surface area contributed by atoms with E-state index in [-0.39, 0.29) is 16.3 Å². The summed E-state index contributed by atoms with van der Waals surface area (Å²) >= 11 is 0. The first-order chi connectivity index (χ1) is 7.70. The minimum Gasteiger partial charge on any atom is -0.444 e. The Morgan fingerprint density at radius 1 is 1.29 bits per heavy atom. The maximum absolute atomic E-state index is 11.3. The Morgan fingerprint density at radius 3 is 2.35 bits per heavy atom. The van der Waals surface area contributed by atoms with Crippen molar-refractivity contribution in [2.24, 2.45) is 0 Å². The summed E-state index contributed by atoms with van der Waals surface area (Å²) in [7, 11) is 0.0402. The van der Waals surface area contributed by atoms with Crippen LogP contribution in [0.5, 0.6) is 0 Å². The Kier molecular flexibility index (Phi) is 7.11. The van der Waals surface area contributed by atoms with Crippen molar-refractivity contribution in [1.29, 1.82) is 0 Å². The van der Waals surface area contributed by atoms with Gasteiger partial charge in [0.1, 0.15) is 5.60 Å². The van der Waals surface area contributed by atoms with E-state index in [2.05, 4.69) is 5.32 Å². The van der Waals surface area contributed by atoms with Gasteiger partial charge in [-0.05, 0) is 39.7 Å². The van der Waals surface area contributed by atoms with Gasteiger partial charge in [-0.3, -0.25) is 4.79 Å². The number of carbonyl (C=O) groups excluding carboxylic acids is 2. The van der Waals surface area contributed by atoms with Gasteiger partial charge in [-0.15, -0.1) is 0 Å². The molecule has 0 rings (SSSR count). The van der Waals surface area contributed by atoms with Crippen LogP contribution in [0.3, 0.4) is 0 Å². The van der Waals surface area contributed by atoms with E-state index in [0.717, 1.165) is 0 Å². The number of amides is 1. The van der Waals surface area contributed by atoms with E-state index < -0.39 is 11.7 Å². The molecule has 100 valence electrons.